The van der Waals surface area contributed by atoms with Gasteiger partial charge in [-0.05, 0) is 50.8 Å². The molecular formula is C22H28ClN3O3. The molecule has 2 heterocycles. The molecule has 0 aromatic heterocycles. The lowest BCUT2D eigenvalue weighted by Crippen LogP contribution is -2.38. The van der Waals surface area contributed by atoms with E-state index in [-0.39, 0.29) is 12.1 Å². The van der Waals surface area contributed by atoms with Gasteiger partial charge in [0.1, 0.15) is 5.60 Å². The Morgan fingerprint density at radius 3 is 2.69 bits per heavy atom. The molecule has 1 aromatic carbocycles. The maximum atomic E-state index is 12.4. The first-order valence-electron chi connectivity index (χ1n) is 10.0. The first-order chi connectivity index (χ1) is 13.7. The standard InChI is InChI=1S/C22H28ClN3O3/c1-22(2,3)29-21(28)26-13-9-16-7-8-19(23)18(17(16)10-14-26)6-4-5-12-25-15-11-24-20(25)27/h7-8H,5,9-15H2,1-3H3,(H,24,27). The largest absolute Gasteiger partial charge is 0.444 e. The van der Waals surface area contributed by atoms with Crippen molar-refractivity contribution in [1.29, 1.82) is 0 Å². The molecule has 1 N–H and O–H groups in total. The van der Waals surface area contributed by atoms with Gasteiger partial charge in [-0.2, -0.15) is 0 Å². The Bertz CT molecular complexity index is 851. The van der Waals surface area contributed by atoms with Gasteiger partial charge in [-0.25, -0.2) is 9.59 Å². The number of nitrogens with zero attached hydrogens (tertiary/aromatic N) is 2. The van der Waals surface area contributed by atoms with Crippen molar-refractivity contribution in [2.75, 3.05) is 32.7 Å². The number of nitrogens with one attached hydrogen (secondary N) is 1. The number of hydrogen-bond acceptors (Lipinski definition) is 3. The fourth-order valence-corrected chi connectivity index (χ4v) is 3.73. The molecule has 1 aromatic rings. The topological polar surface area (TPSA) is 61.9 Å². The zero-order valence-corrected chi connectivity index (χ0v) is 18.1. The molecule has 1 saturated heterocycles. The summed E-state index contributed by atoms with van der Waals surface area (Å²) in [5.41, 5.74) is 2.60. The molecule has 6 nitrogen and oxygen atoms in total. The van der Waals surface area contributed by atoms with Gasteiger partial charge in [-0.1, -0.05) is 29.5 Å². The molecule has 0 atom stereocenters. The van der Waals surface area contributed by atoms with Gasteiger partial charge in [-0.15, -0.1) is 0 Å². The number of carbonyl (C=O) groups excluding carboxylic acids is 2. The second kappa shape index (κ2) is 8.96. The molecule has 0 spiro atoms. The predicted octanol–water partition coefficient (Wildman–Crippen LogP) is 3.44. The van der Waals surface area contributed by atoms with Crippen LogP contribution in [0.1, 0.15) is 43.9 Å². The van der Waals surface area contributed by atoms with Gasteiger partial charge in [0.15, 0.2) is 0 Å². The summed E-state index contributed by atoms with van der Waals surface area (Å²) < 4.78 is 5.52. The number of rotatable bonds is 2. The van der Waals surface area contributed by atoms with Gasteiger partial charge in [0.25, 0.3) is 0 Å². The normalized spacial score (nSPS) is 16.5. The van der Waals surface area contributed by atoms with Gasteiger partial charge < -0.3 is 19.9 Å². The highest BCUT2D eigenvalue weighted by atomic mass is 35.5. The van der Waals surface area contributed by atoms with Gasteiger partial charge >= 0.3 is 12.1 Å². The Morgan fingerprint density at radius 2 is 2.00 bits per heavy atom. The van der Waals surface area contributed by atoms with Gasteiger partial charge in [0, 0.05) is 44.7 Å². The molecule has 29 heavy (non-hydrogen) atoms. The molecule has 1 fully saturated rings. The number of ether oxygens (including phenoxy) is 1. The lowest BCUT2D eigenvalue weighted by molar-refractivity contribution is 0.0258. The van der Waals surface area contributed by atoms with E-state index < -0.39 is 5.60 Å². The summed E-state index contributed by atoms with van der Waals surface area (Å²) in [6.07, 6.45) is 1.74. The Kier molecular flexibility index (Phi) is 6.59. The quantitative estimate of drug-likeness (QED) is 0.750. The van der Waals surface area contributed by atoms with Crippen LogP contribution in [-0.2, 0) is 17.6 Å². The molecular weight excluding hydrogens is 390 g/mol. The van der Waals surface area contributed by atoms with Crippen LogP contribution in [0.2, 0.25) is 5.02 Å². The van der Waals surface area contributed by atoms with Crippen LogP contribution in [0, 0.1) is 11.8 Å². The van der Waals surface area contributed by atoms with E-state index in [1.807, 2.05) is 32.9 Å². The Morgan fingerprint density at radius 1 is 1.24 bits per heavy atom. The van der Waals surface area contributed by atoms with Crippen LogP contribution < -0.4 is 5.32 Å². The molecule has 0 aliphatic carbocycles. The second-order valence-corrected chi connectivity index (χ2v) is 8.71. The van der Waals surface area contributed by atoms with Crippen LogP contribution in [0.5, 0.6) is 0 Å². The maximum Gasteiger partial charge on any atom is 0.410 e. The van der Waals surface area contributed by atoms with E-state index in [1.165, 1.54) is 5.56 Å². The number of urea groups is 1. The molecule has 3 rings (SSSR count). The zero-order chi connectivity index (χ0) is 21.0. The molecule has 0 radical (unpaired) electrons. The highest BCUT2D eigenvalue weighted by Gasteiger charge is 2.25. The van der Waals surface area contributed by atoms with Crippen molar-refractivity contribution in [3.63, 3.8) is 0 Å². The van der Waals surface area contributed by atoms with E-state index >= 15 is 0 Å². The number of halogens is 1. The van der Waals surface area contributed by atoms with Crippen LogP contribution in [0.25, 0.3) is 0 Å². The van der Waals surface area contributed by atoms with E-state index in [4.69, 9.17) is 16.3 Å². The minimum Gasteiger partial charge on any atom is -0.444 e. The summed E-state index contributed by atoms with van der Waals surface area (Å²) in [6, 6.07) is 3.87. The number of fused-ring (bicyclic) bond motifs is 1. The number of hydrogen-bond donors (Lipinski definition) is 1. The molecule has 0 saturated carbocycles. The van der Waals surface area contributed by atoms with Crippen molar-refractivity contribution >= 4 is 23.7 Å². The van der Waals surface area contributed by atoms with Gasteiger partial charge in [0.05, 0.1) is 5.02 Å². The van der Waals surface area contributed by atoms with E-state index in [0.717, 1.165) is 24.1 Å². The highest BCUT2D eigenvalue weighted by molar-refractivity contribution is 6.31. The lowest BCUT2D eigenvalue weighted by atomic mass is 9.97. The predicted molar refractivity (Wildman–Crippen MR) is 113 cm³/mol. The summed E-state index contributed by atoms with van der Waals surface area (Å²) in [4.78, 5) is 27.6. The summed E-state index contributed by atoms with van der Waals surface area (Å²) in [5.74, 6) is 6.38. The maximum absolute atomic E-state index is 12.4. The first-order valence-corrected chi connectivity index (χ1v) is 10.4. The fourth-order valence-electron chi connectivity index (χ4n) is 3.51. The molecule has 0 unspecified atom stereocenters. The molecule has 3 amide bonds. The van der Waals surface area contributed by atoms with Crippen LogP contribution in [0.4, 0.5) is 9.59 Å². The van der Waals surface area contributed by atoms with E-state index in [2.05, 4.69) is 17.2 Å². The minimum absolute atomic E-state index is 0.0272. The third-order valence-corrected chi connectivity index (χ3v) is 5.27. The van der Waals surface area contributed by atoms with E-state index in [0.29, 0.717) is 44.0 Å². The average molecular weight is 418 g/mol. The van der Waals surface area contributed by atoms with Gasteiger partial charge in [-0.3, -0.25) is 0 Å². The van der Waals surface area contributed by atoms with Crippen molar-refractivity contribution < 1.29 is 14.3 Å². The molecule has 156 valence electrons. The van der Waals surface area contributed by atoms with Gasteiger partial charge in [0.2, 0.25) is 0 Å². The zero-order valence-electron chi connectivity index (χ0n) is 17.3. The summed E-state index contributed by atoms with van der Waals surface area (Å²) >= 11 is 6.45. The summed E-state index contributed by atoms with van der Waals surface area (Å²) in [5, 5.41) is 3.41. The Labute approximate surface area is 177 Å². The van der Waals surface area contributed by atoms with Crippen LogP contribution in [-0.4, -0.2) is 60.2 Å². The van der Waals surface area contributed by atoms with Crippen molar-refractivity contribution in [3.05, 3.63) is 33.8 Å². The third kappa shape index (κ3) is 5.57. The molecule has 7 heteroatoms. The smallest absolute Gasteiger partial charge is 0.410 e. The van der Waals surface area contributed by atoms with E-state index in [9.17, 15) is 9.59 Å². The van der Waals surface area contributed by atoms with Crippen molar-refractivity contribution in [1.82, 2.24) is 15.1 Å². The Balaban J connectivity index is 1.69. The molecule has 2 aliphatic rings. The molecule has 0 bridgehead atoms. The lowest BCUT2D eigenvalue weighted by Gasteiger charge is -2.26. The van der Waals surface area contributed by atoms with Crippen molar-refractivity contribution in [2.24, 2.45) is 0 Å². The number of carbonyl (C=O) groups is 2. The molecule has 2 aliphatic heterocycles. The SMILES string of the molecule is CC(C)(C)OC(=O)N1CCc2ccc(Cl)c(C#CCCN3CCNC3=O)c2CC1. The van der Waals surface area contributed by atoms with E-state index in [1.54, 1.807) is 9.80 Å². The average Bonchev–Trinajstić information content (AvgIpc) is 2.92. The number of benzene rings is 1. The monoisotopic (exact) mass is 417 g/mol. The first kappa shape index (κ1) is 21.3. The van der Waals surface area contributed by atoms with Crippen LogP contribution in [0.15, 0.2) is 12.1 Å². The van der Waals surface area contributed by atoms with Crippen LogP contribution in [0.3, 0.4) is 0 Å². The van der Waals surface area contributed by atoms with Crippen molar-refractivity contribution in [2.45, 2.75) is 45.6 Å². The minimum atomic E-state index is -0.511. The fraction of sp³-hybridized carbons (Fsp3) is 0.545. The summed E-state index contributed by atoms with van der Waals surface area (Å²) in [6.45, 7) is 8.83. The Hall–Kier alpha value is -2.39. The second-order valence-electron chi connectivity index (χ2n) is 8.30. The van der Waals surface area contributed by atoms with Crippen molar-refractivity contribution in [3.8, 4) is 11.8 Å². The highest BCUT2D eigenvalue weighted by Crippen LogP contribution is 2.26. The number of amides is 3. The summed E-state index contributed by atoms with van der Waals surface area (Å²) in [7, 11) is 0. The van der Waals surface area contributed by atoms with Crippen LogP contribution >= 0.6 is 11.6 Å². The third-order valence-electron chi connectivity index (χ3n) is 4.96.